The van der Waals surface area contributed by atoms with E-state index in [-0.39, 0.29) is 17.6 Å². The topological polar surface area (TPSA) is 96.1 Å². The van der Waals surface area contributed by atoms with Gasteiger partial charge in [0.05, 0.1) is 5.75 Å². The van der Waals surface area contributed by atoms with Crippen LogP contribution in [0.4, 0.5) is 0 Å². The van der Waals surface area contributed by atoms with E-state index in [1.54, 1.807) is 11.4 Å². The van der Waals surface area contributed by atoms with Gasteiger partial charge in [-0.2, -0.15) is 0 Å². The number of hydrogen-bond acceptors (Lipinski definition) is 5. The van der Waals surface area contributed by atoms with Crippen molar-refractivity contribution in [2.24, 2.45) is 22.6 Å². The molecule has 3 rings (SSSR count). The van der Waals surface area contributed by atoms with Gasteiger partial charge in [-0.3, -0.25) is 9.69 Å². The van der Waals surface area contributed by atoms with Crippen LogP contribution in [0, 0.1) is 11.8 Å². The molecule has 172 valence electrons. The average Bonchev–Trinajstić information content (AvgIpc) is 2.95. The van der Waals surface area contributed by atoms with Gasteiger partial charge in [-0.05, 0) is 50.4 Å². The summed E-state index contributed by atoms with van der Waals surface area (Å²) in [6.45, 7) is 3.11. The third kappa shape index (κ3) is 5.36. The first kappa shape index (κ1) is 23.5. The summed E-state index contributed by atoms with van der Waals surface area (Å²) < 4.78 is 27.1. The van der Waals surface area contributed by atoms with Crippen LogP contribution >= 0.6 is 0 Å². The Balaban J connectivity index is 1.70. The van der Waals surface area contributed by atoms with Gasteiger partial charge in [0.15, 0.2) is 5.96 Å². The van der Waals surface area contributed by atoms with Gasteiger partial charge in [-0.15, -0.1) is 0 Å². The summed E-state index contributed by atoms with van der Waals surface area (Å²) in [6.07, 6.45) is 12.0. The van der Waals surface area contributed by atoms with Crippen LogP contribution in [0.3, 0.4) is 0 Å². The molecule has 7 nitrogen and oxygen atoms in total. The fourth-order valence-corrected chi connectivity index (χ4v) is 7.21. The highest BCUT2D eigenvalue weighted by Crippen LogP contribution is 2.39. The number of sulfonamides is 1. The molecule has 30 heavy (non-hydrogen) atoms. The molecule has 0 aromatic rings. The largest absolute Gasteiger partial charge is 0.369 e. The number of guanidine groups is 1. The molecule has 1 amide bonds. The monoisotopic (exact) mass is 440 g/mol. The molecule has 0 bridgehead atoms. The average molecular weight is 441 g/mol. The Morgan fingerprint density at radius 2 is 1.83 bits per heavy atom. The predicted octanol–water partition coefficient (Wildman–Crippen LogP) is 3.10. The van der Waals surface area contributed by atoms with Crippen molar-refractivity contribution in [2.45, 2.75) is 89.5 Å². The zero-order valence-electron chi connectivity index (χ0n) is 18.8. The van der Waals surface area contributed by atoms with E-state index in [1.807, 2.05) is 6.92 Å². The highest BCUT2D eigenvalue weighted by molar-refractivity contribution is 7.89. The van der Waals surface area contributed by atoms with E-state index in [4.69, 9.17) is 10.7 Å². The molecule has 1 aliphatic carbocycles. The second kappa shape index (κ2) is 9.98. The number of unbranched alkanes of at least 4 members (excludes halogenated alkanes) is 1. The lowest BCUT2D eigenvalue weighted by molar-refractivity contribution is -0.131. The Labute approximate surface area is 182 Å². The van der Waals surface area contributed by atoms with Crippen LogP contribution in [0.2, 0.25) is 0 Å². The maximum absolute atomic E-state index is 13.2. The standard InChI is InChI=1S/C22H40N4O3S/c1-3-4-15-30(28,29)26-14-8-11-19(17-26)16-22(20(27)25(2)21(23)24-22)13-12-18-9-6-5-7-10-18/h18-19H,3-17H2,1-2H3,(H2,23,24)/t19-,22-/m1/s1. The van der Waals surface area contributed by atoms with Crippen molar-refractivity contribution in [3.63, 3.8) is 0 Å². The van der Waals surface area contributed by atoms with Crippen LogP contribution in [0.25, 0.3) is 0 Å². The highest BCUT2D eigenvalue weighted by atomic mass is 32.2. The smallest absolute Gasteiger partial charge is 0.257 e. The number of likely N-dealkylation sites (N-methyl/N-ethyl adjacent to an activating group) is 1. The van der Waals surface area contributed by atoms with Gasteiger partial charge in [0.25, 0.3) is 5.91 Å². The van der Waals surface area contributed by atoms with E-state index in [9.17, 15) is 13.2 Å². The molecule has 8 heteroatoms. The third-order valence-electron chi connectivity index (χ3n) is 7.32. The minimum Gasteiger partial charge on any atom is -0.369 e. The minimum absolute atomic E-state index is 0.0122. The van der Waals surface area contributed by atoms with Gasteiger partial charge in [0.2, 0.25) is 10.0 Å². The lowest BCUT2D eigenvalue weighted by atomic mass is 9.77. The van der Waals surface area contributed by atoms with E-state index in [1.165, 1.54) is 37.0 Å². The number of hydrogen-bond donors (Lipinski definition) is 1. The number of rotatable bonds is 9. The molecule has 2 aliphatic heterocycles. The number of nitrogens with two attached hydrogens (primary N) is 1. The van der Waals surface area contributed by atoms with Gasteiger partial charge in [-0.25, -0.2) is 17.7 Å². The number of carbonyl (C=O) groups is 1. The van der Waals surface area contributed by atoms with Crippen LogP contribution in [-0.2, 0) is 14.8 Å². The number of nitrogens with zero attached hydrogens (tertiary/aromatic N) is 3. The van der Waals surface area contributed by atoms with Gasteiger partial charge < -0.3 is 5.73 Å². The molecule has 2 atom stereocenters. The number of amides is 1. The van der Waals surface area contributed by atoms with E-state index in [0.717, 1.165) is 32.1 Å². The molecule has 0 aromatic heterocycles. The van der Waals surface area contributed by atoms with E-state index >= 15 is 0 Å². The van der Waals surface area contributed by atoms with Crippen molar-refractivity contribution < 1.29 is 13.2 Å². The maximum atomic E-state index is 13.2. The molecule has 2 heterocycles. The first-order valence-corrected chi connectivity index (χ1v) is 13.5. The lowest BCUT2D eigenvalue weighted by Gasteiger charge is -2.36. The fourth-order valence-electron chi connectivity index (χ4n) is 5.45. The predicted molar refractivity (Wildman–Crippen MR) is 121 cm³/mol. The molecular weight excluding hydrogens is 400 g/mol. The molecule has 0 aromatic carbocycles. The molecule has 1 saturated carbocycles. The lowest BCUT2D eigenvalue weighted by Crippen LogP contribution is -2.47. The summed E-state index contributed by atoms with van der Waals surface area (Å²) in [5.41, 5.74) is 5.25. The van der Waals surface area contributed by atoms with Crippen molar-refractivity contribution in [2.75, 3.05) is 25.9 Å². The summed E-state index contributed by atoms with van der Waals surface area (Å²) in [7, 11) is -1.52. The molecule has 1 saturated heterocycles. The van der Waals surface area contributed by atoms with Crippen molar-refractivity contribution >= 4 is 21.9 Å². The SMILES string of the molecule is CCCCS(=O)(=O)N1CCC[C@H](C[C@@]2(CCC3CCCCC3)N=C(N)N(C)C2=O)C1. The van der Waals surface area contributed by atoms with E-state index in [0.29, 0.717) is 37.8 Å². The second-order valence-corrected chi connectivity index (χ2v) is 11.7. The van der Waals surface area contributed by atoms with Crippen LogP contribution in [0.5, 0.6) is 0 Å². The molecular formula is C22H40N4O3S. The van der Waals surface area contributed by atoms with Gasteiger partial charge in [0, 0.05) is 20.1 Å². The number of piperidine rings is 1. The maximum Gasteiger partial charge on any atom is 0.257 e. The van der Waals surface area contributed by atoms with Gasteiger partial charge in [0.1, 0.15) is 5.54 Å². The highest BCUT2D eigenvalue weighted by Gasteiger charge is 2.48. The Kier molecular flexibility index (Phi) is 7.82. The van der Waals surface area contributed by atoms with E-state index < -0.39 is 15.6 Å². The fraction of sp³-hybridized carbons (Fsp3) is 0.909. The number of aliphatic imine (C=N–C) groups is 1. The van der Waals surface area contributed by atoms with Gasteiger partial charge >= 0.3 is 0 Å². The number of carbonyl (C=O) groups excluding carboxylic acids is 1. The summed E-state index contributed by atoms with van der Waals surface area (Å²) >= 11 is 0. The summed E-state index contributed by atoms with van der Waals surface area (Å²) in [6, 6.07) is 0. The van der Waals surface area contributed by atoms with E-state index in [2.05, 4.69) is 0 Å². The Hall–Kier alpha value is -1.15. The molecule has 2 N–H and O–H groups in total. The van der Waals surface area contributed by atoms with Gasteiger partial charge in [-0.1, -0.05) is 45.4 Å². The minimum atomic E-state index is -3.22. The van der Waals surface area contributed by atoms with Crippen LogP contribution in [-0.4, -0.2) is 60.9 Å². The van der Waals surface area contributed by atoms with Crippen molar-refractivity contribution in [3.05, 3.63) is 0 Å². The Morgan fingerprint density at radius 1 is 1.13 bits per heavy atom. The molecule has 0 unspecified atom stereocenters. The molecule has 2 fully saturated rings. The van der Waals surface area contributed by atoms with Crippen LogP contribution in [0.1, 0.15) is 84.0 Å². The molecule has 0 spiro atoms. The van der Waals surface area contributed by atoms with Crippen molar-refractivity contribution in [3.8, 4) is 0 Å². The summed E-state index contributed by atoms with van der Waals surface area (Å²) in [4.78, 5) is 19.4. The van der Waals surface area contributed by atoms with Crippen LogP contribution < -0.4 is 5.73 Å². The second-order valence-electron chi connectivity index (χ2n) is 9.65. The Bertz CT molecular complexity index is 733. The summed E-state index contributed by atoms with van der Waals surface area (Å²) in [5.74, 6) is 1.32. The quantitative estimate of drug-likeness (QED) is 0.596. The normalized spacial score (nSPS) is 29.4. The van der Waals surface area contributed by atoms with Crippen LogP contribution in [0.15, 0.2) is 4.99 Å². The zero-order valence-corrected chi connectivity index (χ0v) is 19.6. The first-order valence-electron chi connectivity index (χ1n) is 11.9. The van der Waals surface area contributed by atoms with Crippen molar-refractivity contribution in [1.29, 1.82) is 0 Å². The molecule has 0 radical (unpaired) electrons. The Morgan fingerprint density at radius 3 is 2.47 bits per heavy atom. The summed E-state index contributed by atoms with van der Waals surface area (Å²) in [5, 5.41) is 0. The first-order chi connectivity index (χ1) is 14.3. The molecule has 3 aliphatic rings. The zero-order chi connectivity index (χ0) is 21.8. The van der Waals surface area contributed by atoms with Crippen molar-refractivity contribution in [1.82, 2.24) is 9.21 Å². The third-order valence-corrected chi connectivity index (χ3v) is 9.25.